The first-order valence-corrected chi connectivity index (χ1v) is 20.4. The van der Waals surface area contributed by atoms with Crippen molar-refractivity contribution in [3.63, 3.8) is 0 Å². The van der Waals surface area contributed by atoms with Gasteiger partial charge in [0, 0.05) is 27.6 Å². The van der Waals surface area contributed by atoms with Gasteiger partial charge in [-0.1, -0.05) is 184 Å². The molecule has 0 atom stereocenters. The minimum Gasteiger partial charge on any atom is -0.455 e. The van der Waals surface area contributed by atoms with Crippen molar-refractivity contribution < 1.29 is 4.42 Å². The number of rotatable bonds is 7. The predicted molar refractivity (Wildman–Crippen MR) is 248 cm³/mol. The summed E-state index contributed by atoms with van der Waals surface area (Å²) in [7, 11) is 0. The van der Waals surface area contributed by atoms with E-state index in [9.17, 15) is 0 Å². The maximum absolute atomic E-state index is 6.83. The van der Waals surface area contributed by atoms with Gasteiger partial charge in [-0.2, -0.15) is 0 Å². The summed E-state index contributed by atoms with van der Waals surface area (Å²) < 4.78 is 6.83. The molecule has 0 bridgehead atoms. The van der Waals surface area contributed by atoms with Crippen LogP contribution >= 0.6 is 0 Å². The summed E-state index contributed by atoms with van der Waals surface area (Å²) in [6, 6.07) is 76.8. The van der Waals surface area contributed by atoms with Gasteiger partial charge in [-0.3, -0.25) is 0 Å². The molecule has 0 saturated carbocycles. The molecule has 2 heteroatoms. The van der Waals surface area contributed by atoms with E-state index in [0.717, 1.165) is 61.3 Å². The van der Waals surface area contributed by atoms with Gasteiger partial charge in [0.2, 0.25) is 0 Å². The molecule has 11 rings (SSSR count). The maximum atomic E-state index is 6.83. The van der Waals surface area contributed by atoms with E-state index in [1.54, 1.807) is 0 Å². The Kier molecular flexibility index (Phi) is 8.20. The second kappa shape index (κ2) is 13.9. The van der Waals surface area contributed by atoms with Crippen molar-refractivity contribution in [2.75, 3.05) is 4.90 Å². The van der Waals surface area contributed by atoms with Crippen LogP contribution in [0.15, 0.2) is 217 Å². The Balaban J connectivity index is 1.13. The zero-order valence-corrected chi connectivity index (χ0v) is 33.1. The Labute approximate surface area is 345 Å². The topological polar surface area (TPSA) is 16.4 Å². The molecule has 59 heavy (non-hydrogen) atoms. The highest BCUT2D eigenvalue weighted by Gasteiger charge is 2.35. The highest BCUT2D eigenvalue weighted by atomic mass is 16.3. The Hall–Kier alpha value is -7.42. The van der Waals surface area contributed by atoms with E-state index in [2.05, 4.69) is 231 Å². The summed E-state index contributed by atoms with van der Waals surface area (Å²) in [5.41, 5.74) is 19.5. The SMILES string of the molecule is CC1(C)c2ccccc2-c2ccc(-c3ccccc3N(c3cccc(-c4ccc(-c5ccccc5)cc4)c3)c3ccc(-c4ccccc4)c4oc5ccccc5c34)cc21. The minimum atomic E-state index is -0.115. The average molecular weight is 756 g/mol. The van der Waals surface area contributed by atoms with Gasteiger partial charge < -0.3 is 9.32 Å². The number of nitrogens with zero attached hydrogens (tertiary/aromatic N) is 1. The number of fused-ring (bicyclic) bond motifs is 6. The first-order valence-electron chi connectivity index (χ1n) is 20.4. The monoisotopic (exact) mass is 755 g/mol. The van der Waals surface area contributed by atoms with Crippen molar-refractivity contribution in [3.05, 3.63) is 223 Å². The third-order valence-corrected chi connectivity index (χ3v) is 12.3. The molecule has 10 aromatic rings. The summed E-state index contributed by atoms with van der Waals surface area (Å²) in [4.78, 5) is 2.45. The van der Waals surface area contributed by atoms with E-state index in [-0.39, 0.29) is 5.41 Å². The summed E-state index contributed by atoms with van der Waals surface area (Å²) in [5.74, 6) is 0. The van der Waals surface area contributed by atoms with Crippen LogP contribution < -0.4 is 4.90 Å². The van der Waals surface area contributed by atoms with Gasteiger partial charge in [0.05, 0.1) is 16.8 Å². The molecule has 0 aliphatic heterocycles. The Morgan fingerprint density at radius 1 is 0.373 bits per heavy atom. The fourth-order valence-corrected chi connectivity index (χ4v) is 9.34. The van der Waals surface area contributed by atoms with Crippen LogP contribution in [0.25, 0.3) is 77.6 Å². The van der Waals surface area contributed by atoms with Crippen LogP contribution in [0, 0.1) is 0 Å². The highest BCUT2D eigenvalue weighted by Crippen LogP contribution is 2.52. The highest BCUT2D eigenvalue weighted by molar-refractivity contribution is 6.17. The number of hydrogen-bond acceptors (Lipinski definition) is 2. The molecular weight excluding hydrogens is 715 g/mol. The van der Waals surface area contributed by atoms with E-state index < -0.39 is 0 Å². The molecule has 1 aromatic heterocycles. The van der Waals surface area contributed by atoms with Crippen molar-refractivity contribution in [1.82, 2.24) is 0 Å². The summed E-state index contributed by atoms with van der Waals surface area (Å²) in [6.07, 6.45) is 0. The van der Waals surface area contributed by atoms with Crippen LogP contribution in [0.3, 0.4) is 0 Å². The number of hydrogen-bond donors (Lipinski definition) is 0. The summed E-state index contributed by atoms with van der Waals surface area (Å²) in [6.45, 7) is 4.71. The quantitative estimate of drug-likeness (QED) is 0.161. The second-order valence-corrected chi connectivity index (χ2v) is 16.1. The number of furan rings is 1. The lowest BCUT2D eigenvalue weighted by Gasteiger charge is -2.29. The van der Waals surface area contributed by atoms with E-state index in [4.69, 9.17) is 4.42 Å². The van der Waals surface area contributed by atoms with Crippen LogP contribution in [-0.2, 0) is 5.41 Å². The van der Waals surface area contributed by atoms with E-state index in [0.29, 0.717) is 0 Å². The van der Waals surface area contributed by atoms with Gasteiger partial charge in [0.1, 0.15) is 11.2 Å². The van der Waals surface area contributed by atoms with Gasteiger partial charge >= 0.3 is 0 Å². The van der Waals surface area contributed by atoms with Crippen molar-refractivity contribution in [2.24, 2.45) is 0 Å². The molecular formula is C57H41NO. The number of anilines is 3. The molecule has 0 fully saturated rings. The standard InChI is InChI=1S/C57H41NO/c1-57(2)50-25-12-9-23-47(50)48-33-32-43(37-51(48)57)45-22-10-13-26-52(45)58(44-21-15-20-42(36-44)40-30-28-39(29-31-40)38-16-5-3-6-17-38)53-35-34-46(41-18-7-4-8-19-41)56-55(53)49-24-11-14-27-54(49)59-56/h3-37H,1-2H3. The minimum absolute atomic E-state index is 0.115. The first-order chi connectivity index (χ1) is 29.0. The van der Waals surface area contributed by atoms with Crippen LogP contribution in [0.5, 0.6) is 0 Å². The Morgan fingerprint density at radius 2 is 0.949 bits per heavy atom. The number of para-hydroxylation sites is 2. The third kappa shape index (κ3) is 5.79. The lowest BCUT2D eigenvalue weighted by Crippen LogP contribution is -2.15. The summed E-state index contributed by atoms with van der Waals surface area (Å²) >= 11 is 0. The molecule has 0 amide bonds. The average Bonchev–Trinajstić information content (AvgIpc) is 3.80. The second-order valence-electron chi connectivity index (χ2n) is 16.1. The predicted octanol–water partition coefficient (Wildman–Crippen LogP) is 16.0. The fourth-order valence-electron chi connectivity index (χ4n) is 9.34. The van der Waals surface area contributed by atoms with E-state index in [1.807, 2.05) is 0 Å². The van der Waals surface area contributed by atoms with Crippen LogP contribution in [0.2, 0.25) is 0 Å². The van der Waals surface area contributed by atoms with Crippen molar-refractivity contribution >= 4 is 39.0 Å². The van der Waals surface area contributed by atoms with Crippen LogP contribution in [0.4, 0.5) is 17.1 Å². The molecule has 0 spiro atoms. The van der Waals surface area contributed by atoms with Gasteiger partial charge in [-0.25, -0.2) is 0 Å². The Morgan fingerprint density at radius 3 is 1.75 bits per heavy atom. The molecule has 9 aromatic carbocycles. The van der Waals surface area contributed by atoms with Crippen LogP contribution in [0.1, 0.15) is 25.0 Å². The largest absolute Gasteiger partial charge is 0.455 e. The normalized spacial score (nSPS) is 12.7. The molecule has 1 heterocycles. The third-order valence-electron chi connectivity index (χ3n) is 12.3. The molecule has 0 unspecified atom stereocenters. The lowest BCUT2D eigenvalue weighted by atomic mass is 9.81. The fraction of sp³-hybridized carbons (Fsp3) is 0.0526. The lowest BCUT2D eigenvalue weighted by molar-refractivity contribution is 0.660. The molecule has 0 radical (unpaired) electrons. The van der Waals surface area contributed by atoms with Gasteiger partial charge in [-0.15, -0.1) is 0 Å². The van der Waals surface area contributed by atoms with Crippen molar-refractivity contribution in [3.8, 4) is 55.6 Å². The zero-order chi connectivity index (χ0) is 39.5. The van der Waals surface area contributed by atoms with Crippen molar-refractivity contribution in [1.29, 1.82) is 0 Å². The molecule has 0 saturated heterocycles. The zero-order valence-electron chi connectivity index (χ0n) is 33.1. The molecule has 0 N–H and O–H groups in total. The Bertz CT molecular complexity index is 3170. The molecule has 2 nitrogen and oxygen atoms in total. The van der Waals surface area contributed by atoms with E-state index >= 15 is 0 Å². The molecule has 1 aliphatic rings. The van der Waals surface area contributed by atoms with Gasteiger partial charge in [-0.05, 0) is 98.1 Å². The first kappa shape index (κ1) is 34.8. The van der Waals surface area contributed by atoms with Gasteiger partial charge in [0.15, 0.2) is 0 Å². The number of benzene rings is 9. The van der Waals surface area contributed by atoms with E-state index in [1.165, 1.54) is 44.5 Å². The maximum Gasteiger partial charge on any atom is 0.145 e. The van der Waals surface area contributed by atoms with Gasteiger partial charge in [0.25, 0.3) is 0 Å². The molecule has 280 valence electrons. The van der Waals surface area contributed by atoms with Crippen LogP contribution in [-0.4, -0.2) is 0 Å². The molecule has 1 aliphatic carbocycles. The van der Waals surface area contributed by atoms with Crippen molar-refractivity contribution in [2.45, 2.75) is 19.3 Å². The smallest absolute Gasteiger partial charge is 0.145 e. The summed E-state index contributed by atoms with van der Waals surface area (Å²) in [5, 5.41) is 2.17.